The highest BCUT2D eigenvalue weighted by Gasteiger charge is 2.19. The van der Waals surface area contributed by atoms with Crippen molar-refractivity contribution in [2.45, 2.75) is 66.2 Å². The Bertz CT molecular complexity index is 936. The Morgan fingerprint density at radius 2 is 0.900 bits per heavy atom. The first-order chi connectivity index (χ1) is 13.9. The van der Waals surface area contributed by atoms with Crippen LogP contribution in [-0.4, -0.2) is 0 Å². The van der Waals surface area contributed by atoms with Gasteiger partial charge in [0.05, 0.1) is 0 Å². The van der Waals surface area contributed by atoms with Crippen LogP contribution in [0.2, 0.25) is 0 Å². The van der Waals surface area contributed by atoms with Crippen LogP contribution in [-0.2, 0) is 10.8 Å². The average Bonchev–Trinajstić information content (AvgIpc) is 2.66. The van der Waals surface area contributed by atoms with Crippen LogP contribution in [0.1, 0.15) is 63.8 Å². The number of hydrogen-bond donors (Lipinski definition) is 0. The monoisotopic (exact) mass is 463 g/mol. The Hall–Kier alpha value is -2.06. The summed E-state index contributed by atoms with van der Waals surface area (Å²) < 4.78 is 1.18. The van der Waals surface area contributed by atoms with Crippen molar-refractivity contribution in [1.29, 1.82) is 0 Å². The quantitative estimate of drug-likeness (QED) is 0.374. The fourth-order valence-electron chi connectivity index (χ4n) is 3.72. The SMILES string of the molecule is Cc1cc(N(c2ccc(C(C)(C)C)cc2)c2ccc(C(C)(C)C)cc2)cc(C)c1Br. The van der Waals surface area contributed by atoms with Gasteiger partial charge in [-0.25, -0.2) is 0 Å². The third kappa shape index (κ3) is 4.81. The van der Waals surface area contributed by atoms with Gasteiger partial charge in [0.1, 0.15) is 0 Å². The molecule has 0 amide bonds. The minimum Gasteiger partial charge on any atom is -0.310 e. The van der Waals surface area contributed by atoms with E-state index in [1.807, 2.05) is 0 Å². The first-order valence-corrected chi connectivity index (χ1v) is 11.5. The summed E-state index contributed by atoms with van der Waals surface area (Å²) in [4.78, 5) is 2.35. The molecule has 0 aromatic heterocycles. The molecule has 0 aliphatic rings. The fourth-order valence-corrected chi connectivity index (χ4v) is 3.95. The van der Waals surface area contributed by atoms with Gasteiger partial charge in [0.25, 0.3) is 0 Å². The number of halogens is 1. The van der Waals surface area contributed by atoms with Gasteiger partial charge in [-0.2, -0.15) is 0 Å². The van der Waals surface area contributed by atoms with Gasteiger partial charge in [-0.05, 0) is 83.3 Å². The maximum Gasteiger partial charge on any atom is 0.0467 e. The van der Waals surface area contributed by atoms with E-state index in [-0.39, 0.29) is 10.8 Å². The zero-order chi connectivity index (χ0) is 22.3. The van der Waals surface area contributed by atoms with E-state index in [2.05, 4.69) is 137 Å². The molecule has 0 radical (unpaired) electrons. The number of aryl methyl sites for hydroxylation is 2. The smallest absolute Gasteiger partial charge is 0.0467 e. The molecule has 0 saturated heterocycles. The van der Waals surface area contributed by atoms with Gasteiger partial charge in [-0.1, -0.05) is 81.7 Å². The van der Waals surface area contributed by atoms with Gasteiger partial charge in [0, 0.05) is 21.5 Å². The number of rotatable bonds is 3. The van der Waals surface area contributed by atoms with Gasteiger partial charge in [-0.15, -0.1) is 0 Å². The Labute approximate surface area is 191 Å². The third-order valence-corrected chi connectivity index (χ3v) is 6.91. The molecule has 0 saturated carbocycles. The molecule has 3 aromatic carbocycles. The topological polar surface area (TPSA) is 3.24 Å². The van der Waals surface area contributed by atoms with E-state index in [4.69, 9.17) is 0 Å². The number of benzene rings is 3. The standard InChI is InChI=1S/C28H34BrN/c1-19-17-25(18-20(2)26(19)29)30(23-13-9-21(10-14-23)27(3,4)5)24-15-11-22(12-16-24)28(6,7)8/h9-18H,1-8H3. The van der Waals surface area contributed by atoms with E-state index in [9.17, 15) is 0 Å². The molecule has 0 N–H and O–H groups in total. The lowest BCUT2D eigenvalue weighted by Crippen LogP contribution is -2.14. The van der Waals surface area contributed by atoms with Gasteiger partial charge in [-0.3, -0.25) is 0 Å². The Balaban J connectivity index is 2.14. The summed E-state index contributed by atoms with van der Waals surface area (Å²) in [6.07, 6.45) is 0. The van der Waals surface area contributed by atoms with E-state index >= 15 is 0 Å². The van der Waals surface area contributed by atoms with Crippen LogP contribution in [0.5, 0.6) is 0 Å². The molecule has 0 fully saturated rings. The second-order valence-corrected chi connectivity index (χ2v) is 11.1. The molecule has 0 bridgehead atoms. The summed E-state index contributed by atoms with van der Waals surface area (Å²) in [6.45, 7) is 17.9. The highest BCUT2D eigenvalue weighted by molar-refractivity contribution is 9.10. The highest BCUT2D eigenvalue weighted by atomic mass is 79.9. The molecule has 0 aliphatic carbocycles. The predicted molar refractivity (Wildman–Crippen MR) is 136 cm³/mol. The Morgan fingerprint density at radius 3 is 1.20 bits per heavy atom. The Morgan fingerprint density at radius 1 is 0.567 bits per heavy atom. The van der Waals surface area contributed by atoms with Crippen molar-refractivity contribution in [2.75, 3.05) is 4.90 Å². The molecule has 0 unspecified atom stereocenters. The van der Waals surface area contributed by atoms with Crippen LogP contribution < -0.4 is 4.90 Å². The predicted octanol–water partition coefficient (Wildman–Crippen LogP) is 9.13. The lowest BCUT2D eigenvalue weighted by Gasteiger charge is -2.28. The van der Waals surface area contributed by atoms with Crippen LogP contribution in [0.3, 0.4) is 0 Å². The van der Waals surface area contributed by atoms with Gasteiger partial charge >= 0.3 is 0 Å². The maximum absolute atomic E-state index is 3.72. The van der Waals surface area contributed by atoms with Crippen LogP contribution >= 0.6 is 15.9 Å². The summed E-state index contributed by atoms with van der Waals surface area (Å²) in [6, 6.07) is 22.5. The van der Waals surface area contributed by atoms with Crippen molar-refractivity contribution in [3.05, 3.63) is 87.4 Å². The summed E-state index contributed by atoms with van der Waals surface area (Å²) in [5.74, 6) is 0. The van der Waals surface area contributed by atoms with E-state index < -0.39 is 0 Å². The average molecular weight is 464 g/mol. The van der Waals surface area contributed by atoms with Crippen molar-refractivity contribution in [1.82, 2.24) is 0 Å². The molecule has 1 nitrogen and oxygen atoms in total. The number of hydrogen-bond acceptors (Lipinski definition) is 1. The first kappa shape index (κ1) is 22.6. The molecular formula is C28H34BrN. The summed E-state index contributed by atoms with van der Waals surface area (Å²) in [5.41, 5.74) is 8.99. The Kier molecular flexibility index (Phi) is 6.20. The van der Waals surface area contributed by atoms with E-state index in [0.29, 0.717) is 0 Å². The van der Waals surface area contributed by atoms with E-state index in [1.165, 1.54) is 43.8 Å². The highest BCUT2D eigenvalue weighted by Crippen LogP contribution is 2.39. The molecule has 3 rings (SSSR count). The van der Waals surface area contributed by atoms with Crippen molar-refractivity contribution in [3.8, 4) is 0 Å². The molecule has 0 spiro atoms. The van der Waals surface area contributed by atoms with Crippen molar-refractivity contribution in [3.63, 3.8) is 0 Å². The van der Waals surface area contributed by atoms with E-state index in [0.717, 1.165) is 0 Å². The van der Waals surface area contributed by atoms with Gasteiger partial charge in [0.2, 0.25) is 0 Å². The molecule has 0 heterocycles. The molecular weight excluding hydrogens is 430 g/mol. The van der Waals surface area contributed by atoms with Gasteiger partial charge in [0.15, 0.2) is 0 Å². The van der Waals surface area contributed by atoms with Crippen LogP contribution in [0.25, 0.3) is 0 Å². The normalized spacial score (nSPS) is 12.2. The first-order valence-electron chi connectivity index (χ1n) is 10.7. The zero-order valence-electron chi connectivity index (χ0n) is 19.6. The summed E-state index contributed by atoms with van der Waals surface area (Å²) in [5, 5.41) is 0. The summed E-state index contributed by atoms with van der Waals surface area (Å²) >= 11 is 3.72. The van der Waals surface area contributed by atoms with Crippen molar-refractivity contribution < 1.29 is 0 Å². The van der Waals surface area contributed by atoms with Crippen molar-refractivity contribution in [2.24, 2.45) is 0 Å². The number of nitrogens with zero attached hydrogens (tertiary/aromatic N) is 1. The van der Waals surface area contributed by atoms with Crippen LogP contribution in [0.4, 0.5) is 17.1 Å². The lowest BCUT2D eigenvalue weighted by molar-refractivity contribution is 0.590. The third-order valence-electron chi connectivity index (χ3n) is 5.66. The minimum atomic E-state index is 0.141. The molecule has 2 heteroatoms. The molecule has 0 aliphatic heterocycles. The molecule has 0 atom stereocenters. The fraction of sp³-hybridized carbons (Fsp3) is 0.357. The van der Waals surface area contributed by atoms with E-state index in [1.54, 1.807) is 0 Å². The second kappa shape index (κ2) is 8.23. The summed E-state index contributed by atoms with van der Waals surface area (Å²) in [7, 11) is 0. The van der Waals surface area contributed by atoms with Crippen LogP contribution in [0.15, 0.2) is 65.1 Å². The molecule has 3 aromatic rings. The number of anilines is 3. The zero-order valence-corrected chi connectivity index (χ0v) is 21.2. The maximum atomic E-state index is 3.72. The van der Waals surface area contributed by atoms with Crippen molar-refractivity contribution >= 4 is 33.0 Å². The largest absolute Gasteiger partial charge is 0.310 e. The van der Waals surface area contributed by atoms with Crippen LogP contribution in [0, 0.1) is 13.8 Å². The lowest BCUT2D eigenvalue weighted by atomic mass is 9.86. The second-order valence-electron chi connectivity index (χ2n) is 10.3. The molecule has 30 heavy (non-hydrogen) atoms. The van der Waals surface area contributed by atoms with Gasteiger partial charge < -0.3 is 4.90 Å². The molecule has 158 valence electrons. The minimum absolute atomic E-state index is 0.141.